The number of hydrogen-bond donors (Lipinski definition) is 5. The van der Waals surface area contributed by atoms with Crippen LogP contribution >= 0.6 is 43.2 Å². The molecule has 0 heterocycles. The second-order valence-electron chi connectivity index (χ2n) is 12.4. The summed E-state index contributed by atoms with van der Waals surface area (Å²) in [4.78, 5) is 83.5. The summed E-state index contributed by atoms with van der Waals surface area (Å²) in [7, 11) is 8.70. The second kappa shape index (κ2) is 24.7. The van der Waals surface area contributed by atoms with Crippen molar-refractivity contribution in [1.29, 1.82) is 0 Å². The number of carboxylic acid groups (broad SMARTS) is 1. The van der Waals surface area contributed by atoms with Gasteiger partial charge >= 0.3 is 11.9 Å². The summed E-state index contributed by atoms with van der Waals surface area (Å²) in [6, 6.07) is 0. The molecule has 5 N–H and O–H groups in total. The molecule has 0 aliphatic carbocycles. The number of carbonyl (C=O) groups is 6. The molecule has 0 aromatic carbocycles. The van der Waals surface area contributed by atoms with Crippen LogP contribution in [0.2, 0.25) is 0 Å². The Labute approximate surface area is 304 Å². The predicted molar refractivity (Wildman–Crippen MR) is 197 cm³/mol. The van der Waals surface area contributed by atoms with Crippen LogP contribution in [0.1, 0.15) is 98.3 Å². The second-order valence-corrected chi connectivity index (χ2v) is 18.6. The van der Waals surface area contributed by atoms with E-state index in [1.165, 1.54) is 57.3 Å². The molecular weight excluding hydrogens is 719 g/mol. The molecule has 282 valence electrons. The molecule has 1 unspecified atom stereocenters. The number of rotatable bonds is 28. The molecule has 0 saturated carbocycles. The lowest BCUT2D eigenvalue weighted by Crippen LogP contribution is -2.42. The molecule has 4 amide bonds. The molecule has 0 rings (SSSR count). The van der Waals surface area contributed by atoms with Crippen LogP contribution in [0, 0.1) is 10.1 Å². The number of ether oxygens (including phenoxy) is 1. The van der Waals surface area contributed by atoms with Gasteiger partial charge in [0.15, 0.2) is 0 Å². The highest BCUT2D eigenvalue weighted by Gasteiger charge is 2.43. The van der Waals surface area contributed by atoms with E-state index in [9.17, 15) is 38.9 Å². The maximum Gasteiger partial charge on any atom is 0.305 e. The van der Waals surface area contributed by atoms with Gasteiger partial charge < -0.3 is 31.1 Å². The molecule has 0 spiro atoms. The molecule has 0 saturated heterocycles. The normalized spacial score (nSPS) is 12.7. The number of amides is 4. The van der Waals surface area contributed by atoms with Gasteiger partial charge in [-0.2, -0.15) is 0 Å². The molecule has 0 fully saturated rings. The van der Waals surface area contributed by atoms with Gasteiger partial charge in [0.1, 0.15) is 0 Å². The van der Waals surface area contributed by atoms with E-state index < -0.39 is 34.2 Å². The van der Waals surface area contributed by atoms with Crippen molar-refractivity contribution in [2.75, 3.05) is 38.9 Å². The van der Waals surface area contributed by atoms with Gasteiger partial charge in [0, 0.05) is 98.1 Å². The van der Waals surface area contributed by atoms with Crippen LogP contribution < -0.4 is 21.3 Å². The van der Waals surface area contributed by atoms with E-state index >= 15 is 0 Å². The standard InChI is InChI=1S/C30H53N5O10S4/c1-28(2,13-10-26(40)41)48-46-20-19-33-24(38)8-16-30(35(43)44,15-7-23(37)32-18-12-22(36)31-5)17-9-25(39)34-21-47-49-29(3,4)14-11-27(42)45-6/h7-21H2,1-6H3,(H,31,36)(H,32,37)(H,33,38)(H,34,39)(H,40,41). The number of aliphatic carboxylic acids is 1. The van der Waals surface area contributed by atoms with Crippen molar-refractivity contribution in [3.05, 3.63) is 10.1 Å². The van der Waals surface area contributed by atoms with Crippen LogP contribution in [0.25, 0.3) is 0 Å². The third kappa shape index (κ3) is 23.6. The molecule has 0 aliphatic heterocycles. The summed E-state index contributed by atoms with van der Waals surface area (Å²) >= 11 is 0. The Morgan fingerprint density at radius 1 is 0.694 bits per heavy atom. The van der Waals surface area contributed by atoms with Gasteiger partial charge in [0.05, 0.1) is 13.0 Å². The highest BCUT2D eigenvalue weighted by atomic mass is 33.1. The van der Waals surface area contributed by atoms with Crippen LogP contribution in [-0.4, -0.2) is 99.5 Å². The first kappa shape index (κ1) is 46.6. The van der Waals surface area contributed by atoms with Crippen LogP contribution in [0.3, 0.4) is 0 Å². The maximum atomic E-state index is 12.7. The third-order valence-corrected chi connectivity index (χ3v) is 13.7. The zero-order valence-electron chi connectivity index (χ0n) is 29.3. The van der Waals surface area contributed by atoms with Crippen molar-refractivity contribution in [2.45, 2.75) is 113 Å². The smallest absolute Gasteiger partial charge is 0.305 e. The lowest BCUT2D eigenvalue weighted by Gasteiger charge is -2.25. The third-order valence-electron chi connectivity index (χ3n) is 7.30. The number of nitrogens with zero attached hydrogens (tertiary/aromatic N) is 1. The zero-order valence-corrected chi connectivity index (χ0v) is 32.6. The largest absolute Gasteiger partial charge is 0.481 e. The molecule has 0 aliphatic rings. The lowest BCUT2D eigenvalue weighted by molar-refractivity contribution is -0.573. The Bertz CT molecular complexity index is 1110. The summed E-state index contributed by atoms with van der Waals surface area (Å²) in [6.45, 7) is 8.20. The average Bonchev–Trinajstić information content (AvgIpc) is 3.04. The topological polar surface area (TPSA) is 223 Å². The number of methoxy groups -OCH3 is 1. The van der Waals surface area contributed by atoms with Gasteiger partial charge in [-0.1, -0.05) is 43.2 Å². The summed E-state index contributed by atoms with van der Waals surface area (Å²) in [5.41, 5.74) is -1.72. The monoisotopic (exact) mass is 771 g/mol. The average molecular weight is 772 g/mol. The summed E-state index contributed by atoms with van der Waals surface area (Å²) in [5.74, 6) is -1.94. The SMILES string of the molecule is CNC(=O)CCNC(=O)CCC(CCC(=O)NCCSSC(C)(C)CCC(=O)O)(CCC(=O)NCSSC(C)(C)CCC(=O)OC)[N+](=O)[O-]. The van der Waals surface area contributed by atoms with Crippen LogP contribution in [-0.2, 0) is 33.5 Å². The first-order valence-electron chi connectivity index (χ1n) is 15.9. The van der Waals surface area contributed by atoms with E-state index in [2.05, 4.69) is 26.0 Å². The van der Waals surface area contributed by atoms with E-state index in [0.29, 0.717) is 25.1 Å². The quantitative estimate of drug-likeness (QED) is 0.0190. The summed E-state index contributed by atoms with van der Waals surface area (Å²) in [5, 5.41) is 31.9. The van der Waals surface area contributed by atoms with Gasteiger partial charge in [-0.05, 0) is 40.5 Å². The fraction of sp³-hybridized carbons (Fsp3) is 0.800. The van der Waals surface area contributed by atoms with Crippen LogP contribution in [0.5, 0.6) is 0 Å². The van der Waals surface area contributed by atoms with Gasteiger partial charge in [0.25, 0.3) is 0 Å². The Morgan fingerprint density at radius 3 is 1.67 bits per heavy atom. The molecule has 0 radical (unpaired) electrons. The Hall–Kier alpha value is -2.38. The van der Waals surface area contributed by atoms with E-state index in [0.717, 1.165) is 0 Å². The highest BCUT2D eigenvalue weighted by Crippen LogP contribution is 2.39. The van der Waals surface area contributed by atoms with Crippen molar-refractivity contribution >= 4 is 78.7 Å². The van der Waals surface area contributed by atoms with Crippen molar-refractivity contribution in [1.82, 2.24) is 21.3 Å². The minimum absolute atomic E-state index is 0.0539. The Morgan fingerprint density at radius 2 is 1.18 bits per heavy atom. The van der Waals surface area contributed by atoms with Gasteiger partial charge in [-0.15, -0.1) is 0 Å². The van der Waals surface area contributed by atoms with E-state index in [4.69, 9.17) is 5.11 Å². The van der Waals surface area contributed by atoms with E-state index in [1.807, 2.05) is 27.7 Å². The first-order chi connectivity index (χ1) is 22.9. The number of carboxylic acids is 1. The van der Waals surface area contributed by atoms with Crippen LogP contribution in [0.4, 0.5) is 0 Å². The van der Waals surface area contributed by atoms with E-state index in [-0.39, 0.29) is 91.6 Å². The maximum absolute atomic E-state index is 12.7. The Kier molecular flexibility index (Phi) is 23.5. The molecule has 0 aromatic heterocycles. The Balaban J connectivity index is 5.16. The van der Waals surface area contributed by atoms with Gasteiger partial charge in [-0.25, -0.2) is 0 Å². The van der Waals surface area contributed by atoms with Crippen molar-refractivity contribution in [3.63, 3.8) is 0 Å². The molecular formula is C30H53N5O10S4. The minimum Gasteiger partial charge on any atom is -0.481 e. The number of nitrogens with one attached hydrogen (secondary N) is 4. The molecule has 15 nitrogen and oxygen atoms in total. The van der Waals surface area contributed by atoms with Crippen molar-refractivity contribution in [2.24, 2.45) is 0 Å². The molecule has 19 heteroatoms. The highest BCUT2D eigenvalue weighted by molar-refractivity contribution is 8.77. The van der Waals surface area contributed by atoms with E-state index in [1.54, 1.807) is 0 Å². The van der Waals surface area contributed by atoms with Gasteiger partial charge in [0.2, 0.25) is 29.2 Å². The minimum atomic E-state index is -1.72. The molecule has 49 heavy (non-hydrogen) atoms. The number of hydrogen-bond acceptors (Lipinski definition) is 13. The van der Waals surface area contributed by atoms with Crippen LogP contribution in [0.15, 0.2) is 0 Å². The number of carbonyl (C=O) groups excluding carboxylic acids is 5. The fourth-order valence-electron chi connectivity index (χ4n) is 4.12. The van der Waals surface area contributed by atoms with Crippen molar-refractivity contribution in [3.8, 4) is 0 Å². The molecule has 0 aromatic rings. The lowest BCUT2D eigenvalue weighted by atomic mass is 9.84. The summed E-state index contributed by atoms with van der Waals surface area (Å²) < 4.78 is 4.15. The molecule has 0 bridgehead atoms. The summed E-state index contributed by atoms with van der Waals surface area (Å²) in [6.07, 6.45) is 0.270. The first-order valence-corrected chi connectivity index (χ1v) is 20.6. The fourth-order valence-corrected chi connectivity index (χ4v) is 8.95. The zero-order chi connectivity index (χ0) is 37.5. The predicted octanol–water partition coefficient (Wildman–Crippen LogP) is 3.92. The van der Waals surface area contributed by atoms with Gasteiger partial charge in [-0.3, -0.25) is 38.9 Å². The number of esters is 1. The molecule has 1 atom stereocenters. The van der Waals surface area contributed by atoms with Crippen molar-refractivity contribution < 1.29 is 43.5 Å². The number of nitro groups is 1.